The lowest BCUT2D eigenvalue weighted by Gasteiger charge is -2.23. The molecule has 0 unspecified atom stereocenters. The van der Waals surface area contributed by atoms with E-state index in [0.29, 0.717) is 30.5 Å². The molecule has 1 aromatic heterocycles. The van der Waals surface area contributed by atoms with E-state index in [9.17, 15) is 4.79 Å². The van der Waals surface area contributed by atoms with Crippen LogP contribution in [0.4, 0.5) is 11.5 Å². The van der Waals surface area contributed by atoms with Crippen molar-refractivity contribution in [2.75, 3.05) is 30.9 Å². The molecule has 6 heteroatoms. The summed E-state index contributed by atoms with van der Waals surface area (Å²) in [6, 6.07) is 9.47. The van der Waals surface area contributed by atoms with Gasteiger partial charge in [0.15, 0.2) is 0 Å². The highest BCUT2D eigenvalue weighted by Gasteiger charge is 2.19. The van der Waals surface area contributed by atoms with Crippen molar-refractivity contribution in [3.8, 4) is 0 Å². The minimum atomic E-state index is -0.253. The SMILES string of the molecule is COCCNc1cc(C(=O)Nc2ccccc2C(C)(C)C)nc(C)n1. The van der Waals surface area contributed by atoms with Crippen LogP contribution >= 0.6 is 0 Å². The second-order valence-corrected chi connectivity index (χ2v) is 6.85. The molecule has 0 saturated carbocycles. The van der Waals surface area contributed by atoms with Crippen molar-refractivity contribution in [3.63, 3.8) is 0 Å². The van der Waals surface area contributed by atoms with Gasteiger partial charge in [0.05, 0.1) is 6.61 Å². The molecule has 134 valence electrons. The first-order valence-electron chi connectivity index (χ1n) is 8.30. The van der Waals surface area contributed by atoms with Crippen LogP contribution in [0.25, 0.3) is 0 Å². The maximum Gasteiger partial charge on any atom is 0.274 e. The highest BCUT2D eigenvalue weighted by atomic mass is 16.5. The Morgan fingerprint density at radius 2 is 1.92 bits per heavy atom. The number of para-hydroxylation sites is 1. The first kappa shape index (κ1) is 18.9. The van der Waals surface area contributed by atoms with Crippen LogP contribution in [-0.2, 0) is 10.2 Å². The van der Waals surface area contributed by atoms with Crippen molar-refractivity contribution < 1.29 is 9.53 Å². The standard InChI is InChI=1S/C19H26N4O2/c1-13-21-16(12-17(22-13)20-10-11-25-5)18(24)23-15-9-7-6-8-14(15)19(2,3)4/h6-9,12H,10-11H2,1-5H3,(H,23,24)(H,20,21,22). The van der Waals surface area contributed by atoms with E-state index in [2.05, 4.69) is 41.4 Å². The van der Waals surface area contributed by atoms with Gasteiger partial charge in [-0.25, -0.2) is 9.97 Å². The van der Waals surface area contributed by atoms with Crippen molar-refractivity contribution in [3.05, 3.63) is 47.4 Å². The highest BCUT2D eigenvalue weighted by Crippen LogP contribution is 2.29. The van der Waals surface area contributed by atoms with Crippen molar-refractivity contribution in [2.45, 2.75) is 33.1 Å². The molecular weight excluding hydrogens is 316 g/mol. The molecule has 25 heavy (non-hydrogen) atoms. The van der Waals surface area contributed by atoms with Gasteiger partial charge in [-0.3, -0.25) is 4.79 Å². The summed E-state index contributed by atoms with van der Waals surface area (Å²) in [5.41, 5.74) is 2.13. The van der Waals surface area contributed by atoms with Crippen LogP contribution in [0.15, 0.2) is 30.3 Å². The predicted molar refractivity (Wildman–Crippen MR) is 100 cm³/mol. The number of aryl methyl sites for hydroxylation is 1. The Bertz CT molecular complexity index is 738. The van der Waals surface area contributed by atoms with Gasteiger partial charge in [0.25, 0.3) is 5.91 Å². The molecule has 1 amide bonds. The van der Waals surface area contributed by atoms with Gasteiger partial charge in [-0.2, -0.15) is 0 Å². The van der Waals surface area contributed by atoms with Gasteiger partial charge < -0.3 is 15.4 Å². The van der Waals surface area contributed by atoms with Gasteiger partial charge in [-0.1, -0.05) is 39.0 Å². The first-order chi connectivity index (χ1) is 11.8. The number of nitrogens with one attached hydrogen (secondary N) is 2. The van der Waals surface area contributed by atoms with Crippen molar-refractivity contribution in [1.29, 1.82) is 0 Å². The van der Waals surface area contributed by atoms with Crippen molar-refractivity contribution in [1.82, 2.24) is 9.97 Å². The van der Waals surface area contributed by atoms with Crippen LogP contribution in [0.1, 0.15) is 42.6 Å². The number of hydrogen-bond acceptors (Lipinski definition) is 5. The molecule has 0 saturated heterocycles. The van der Waals surface area contributed by atoms with E-state index in [1.165, 1.54) is 0 Å². The monoisotopic (exact) mass is 342 g/mol. The van der Waals surface area contributed by atoms with E-state index in [-0.39, 0.29) is 11.3 Å². The fraction of sp³-hybridized carbons (Fsp3) is 0.421. The molecule has 1 heterocycles. The number of aromatic nitrogens is 2. The number of carbonyl (C=O) groups is 1. The predicted octanol–water partition coefficient (Wildman–Crippen LogP) is 3.39. The van der Waals surface area contributed by atoms with E-state index in [0.717, 1.165) is 11.3 Å². The zero-order valence-corrected chi connectivity index (χ0v) is 15.5. The third-order valence-corrected chi connectivity index (χ3v) is 3.67. The summed E-state index contributed by atoms with van der Waals surface area (Å²) >= 11 is 0. The normalized spacial score (nSPS) is 11.2. The number of rotatable bonds is 6. The largest absolute Gasteiger partial charge is 0.383 e. The van der Waals surface area contributed by atoms with Gasteiger partial charge in [0, 0.05) is 25.4 Å². The third-order valence-electron chi connectivity index (χ3n) is 3.67. The molecule has 0 aliphatic heterocycles. The van der Waals surface area contributed by atoms with Crippen LogP contribution in [0, 0.1) is 6.92 Å². The minimum absolute atomic E-state index is 0.0711. The molecule has 0 fully saturated rings. The lowest BCUT2D eigenvalue weighted by atomic mass is 9.86. The Morgan fingerprint density at radius 3 is 2.60 bits per heavy atom. The molecule has 0 radical (unpaired) electrons. The van der Waals surface area contributed by atoms with Crippen LogP contribution < -0.4 is 10.6 Å². The fourth-order valence-electron chi connectivity index (χ4n) is 2.49. The third kappa shape index (κ3) is 5.26. The maximum absolute atomic E-state index is 12.7. The minimum Gasteiger partial charge on any atom is -0.383 e. The summed E-state index contributed by atoms with van der Waals surface area (Å²) in [7, 11) is 1.64. The number of benzene rings is 1. The van der Waals surface area contributed by atoms with E-state index in [1.807, 2.05) is 24.3 Å². The molecule has 0 aliphatic carbocycles. The Kier molecular flexibility index (Phi) is 6.09. The number of carbonyl (C=O) groups excluding carboxylic acids is 1. The molecule has 2 aromatic rings. The fourth-order valence-corrected chi connectivity index (χ4v) is 2.49. The topological polar surface area (TPSA) is 76.1 Å². The van der Waals surface area contributed by atoms with Crippen molar-refractivity contribution >= 4 is 17.4 Å². The number of ether oxygens (including phenoxy) is 1. The molecule has 2 rings (SSSR count). The Morgan fingerprint density at radius 1 is 1.20 bits per heavy atom. The zero-order valence-electron chi connectivity index (χ0n) is 15.5. The number of amides is 1. The summed E-state index contributed by atoms with van der Waals surface area (Å²) in [4.78, 5) is 21.2. The Hall–Kier alpha value is -2.47. The molecular formula is C19H26N4O2. The van der Waals surface area contributed by atoms with E-state index in [1.54, 1.807) is 20.1 Å². The Labute approximate surface area is 149 Å². The molecule has 1 aromatic carbocycles. The summed E-state index contributed by atoms with van der Waals surface area (Å²) in [6.07, 6.45) is 0. The first-order valence-corrected chi connectivity index (χ1v) is 8.30. The number of hydrogen-bond donors (Lipinski definition) is 2. The average molecular weight is 342 g/mol. The number of anilines is 2. The second-order valence-electron chi connectivity index (χ2n) is 6.85. The van der Waals surface area contributed by atoms with E-state index in [4.69, 9.17) is 4.74 Å². The summed E-state index contributed by atoms with van der Waals surface area (Å²) < 4.78 is 5.01. The molecule has 0 bridgehead atoms. The maximum atomic E-state index is 12.7. The van der Waals surface area contributed by atoms with Crippen LogP contribution in [-0.4, -0.2) is 36.1 Å². The average Bonchev–Trinajstić information content (AvgIpc) is 2.54. The Balaban J connectivity index is 2.22. The summed E-state index contributed by atoms with van der Waals surface area (Å²) in [5, 5.41) is 6.10. The smallest absolute Gasteiger partial charge is 0.274 e. The van der Waals surface area contributed by atoms with Crippen LogP contribution in [0.3, 0.4) is 0 Å². The number of nitrogens with zero attached hydrogens (tertiary/aromatic N) is 2. The lowest BCUT2D eigenvalue weighted by Crippen LogP contribution is -2.20. The summed E-state index contributed by atoms with van der Waals surface area (Å²) in [5.74, 6) is 0.896. The van der Waals surface area contributed by atoms with Gasteiger partial charge in [0.1, 0.15) is 17.3 Å². The highest BCUT2D eigenvalue weighted by molar-refractivity contribution is 6.03. The second kappa shape index (κ2) is 8.07. The van der Waals surface area contributed by atoms with Gasteiger partial charge in [-0.05, 0) is 24.0 Å². The zero-order chi connectivity index (χ0) is 18.4. The quantitative estimate of drug-likeness (QED) is 0.787. The van der Waals surface area contributed by atoms with Gasteiger partial charge in [0.2, 0.25) is 0 Å². The lowest BCUT2D eigenvalue weighted by molar-refractivity contribution is 0.102. The van der Waals surface area contributed by atoms with Crippen LogP contribution in [0.5, 0.6) is 0 Å². The van der Waals surface area contributed by atoms with Gasteiger partial charge >= 0.3 is 0 Å². The van der Waals surface area contributed by atoms with Crippen molar-refractivity contribution in [2.24, 2.45) is 0 Å². The molecule has 0 spiro atoms. The molecule has 0 atom stereocenters. The molecule has 0 aliphatic rings. The molecule has 6 nitrogen and oxygen atoms in total. The van der Waals surface area contributed by atoms with Crippen LogP contribution in [0.2, 0.25) is 0 Å². The van der Waals surface area contributed by atoms with E-state index < -0.39 is 0 Å². The van der Waals surface area contributed by atoms with E-state index >= 15 is 0 Å². The molecule has 2 N–H and O–H groups in total. The number of methoxy groups -OCH3 is 1. The van der Waals surface area contributed by atoms with Gasteiger partial charge in [-0.15, -0.1) is 0 Å². The summed E-state index contributed by atoms with van der Waals surface area (Å²) in [6.45, 7) is 9.28.